The Morgan fingerprint density at radius 1 is 1.25 bits per heavy atom. The van der Waals surface area contributed by atoms with E-state index < -0.39 is 28.9 Å². The number of rotatable bonds is 3. The normalized spacial score (nSPS) is 19.2. The summed E-state index contributed by atoms with van der Waals surface area (Å²) < 4.78 is 39.9. The summed E-state index contributed by atoms with van der Waals surface area (Å²) in [6.45, 7) is 0.523. The SMILES string of the molecule is O=C(c1ccc(F)c(F)c1F)N1CCCCC1CCBr. The topological polar surface area (TPSA) is 20.3 Å². The first-order chi connectivity index (χ1) is 9.56. The van der Waals surface area contributed by atoms with E-state index in [0.29, 0.717) is 6.54 Å². The molecule has 1 heterocycles. The number of benzene rings is 1. The van der Waals surface area contributed by atoms with E-state index in [-0.39, 0.29) is 6.04 Å². The van der Waals surface area contributed by atoms with Crippen LogP contribution in [0.4, 0.5) is 13.2 Å². The Kier molecular flexibility index (Phi) is 5.07. The minimum atomic E-state index is -1.59. The van der Waals surface area contributed by atoms with E-state index in [1.54, 1.807) is 4.90 Å². The van der Waals surface area contributed by atoms with Crippen LogP contribution in [0.2, 0.25) is 0 Å². The number of piperidine rings is 1. The molecule has 6 heteroatoms. The molecule has 0 saturated carbocycles. The predicted octanol–water partition coefficient (Wildman–Crippen LogP) is 3.88. The fraction of sp³-hybridized carbons (Fsp3) is 0.500. The van der Waals surface area contributed by atoms with Gasteiger partial charge in [-0.1, -0.05) is 15.9 Å². The van der Waals surface area contributed by atoms with Gasteiger partial charge in [-0.2, -0.15) is 0 Å². The van der Waals surface area contributed by atoms with Crippen molar-refractivity contribution in [3.05, 3.63) is 35.1 Å². The predicted molar refractivity (Wildman–Crippen MR) is 73.4 cm³/mol. The highest BCUT2D eigenvalue weighted by Gasteiger charge is 2.29. The lowest BCUT2D eigenvalue weighted by Gasteiger charge is -2.35. The van der Waals surface area contributed by atoms with E-state index in [9.17, 15) is 18.0 Å². The molecule has 1 aromatic rings. The molecule has 2 nitrogen and oxygen atoms in total. The number of carbonyl (C=O) groups is 1. The number of nitrogens with zero attached hydrogens (tertiary/aromatic N) is 1. The van der Waals surface area contributed by atoms with E-state index >= 15 is 0 Å². The first-order valence-corrected chi connectivity index (χ1v) is 7.69. The van der Waals surface area contributed by atoms with Gasteiger partial charge in [0.25, 0.3) is 5.91 Å². The van der Waals surface area contributed by atoms with Crippen LogP contribution in [0.5, 0.6) is 0 Å². The molecule has 0 bridgehead atoms. The van der Waals surface area contributed by atoms with Crippen LogP contribution in [-0.2, 0) is 0 Å². The van der Waals surface area contributed by atoms with Crippen LogP contribution in [0.3, 0.4) is 0 Å². The molecular formula is C14H15BrF3NO. The van der Waals surface area contributed by atoms with Crippen molar-refractivity contribution in [1.82, 2.24) is 4.90 Å². The van der Waals surface area contributed by atoms with Crippen molar-refractivity contribution in [3.63, 3.8) is 0 Å². The monoisotopic (exact) mass is 349 g/mol. The fourth-order valence-electron chi connectivity index (χ4n) is 2.54. The lowest BCUT2D eigenvalue weighted by atomic mass is 9.98. The molecule has 110 valence electrons. The third kappa shape index (κ3) is 3.00. The van der Waals surface area contributed by atoms with Crippen molar-refractivity contribution in [1.29, 1.82) is 0 Å². The van der Waals surface area contributed by atoms with E-state index in [4.69, 9.17) is 0 Å². The first kappa shape index (κ1) is 15.4. The van der Waals surface area contributed by atoms with Crippen LogP contribution in [-0.4, -0.2) is 28.7 Å². The van der Waals surface area contributed by atoms with Gasteiger partial charge in [0, 0.05) is 17.9 Å². The largest absolute Gasteiger partial charge is 0.336 e. The van der Waals surface area contributed by atoms with Gasteiger partial charge in [-0.05, 0) is 37.8 Å². The highest BCUT2D eigenvalue weighted by molar-refractivity contribution is 9.09. The maximum absolute atomic E-state index is 13.7. The van der Waals surface area contributed by atoms with Crippen molar-refractivity contribution in [2.75, 3.05) is 11.9 Å². The van der Waals surface area contributed by atoms with Crippen LogP contribution in [0.1, 0.15) is 36.0 Å². The Morgan fingerprint density at radius 2 is 2.00 bits per heavy atom. The van der Waals surface area contributed by atoms with Crippen molar-refractivity contribution < 1.29 is 18.0 Å². The Hall–Kier alpha value is -1.04. The van der Waals surface area contributed by atoms with Crippen molar-refractivity contribution in [3.8, 4) is 0 Å². The number of alkyl halides is 1. The standard InChI is InChI=1S/C14H15BrF3NO/c15-7-6-9-3-1-2-8-19(9)14(20)10-4-5-11(16)13(18)12(10)17/h4-5,9H,1-3,6-8H2. The van der Waals surface area contributed by atoms with E-state index in [1.165, 1.54) is 0 Å². The molecule has 0 radical (unpaired) electrons. The van der Waals surface area contributed by atoms with Crippen molar-refractivity contribution >= 4 is 21.8 Å². The Balaban J connectivity index is 2.27. The fourth-order valence-corrected chi connectivity index (χ4v) is 3.07. The molecule has 1 atom stereocenters. The molecule has 1 aromatic carbocycles. The lowest BCUT2D eigenvalue weighted by molar-refractivity contribution is 0.0604. The zero-order chi connectivity index (χ0) is 14.7. The summed E-state index contributed by atoms with van der Waals surface area (Å²) in [5.74, 6) is -4.84. The second kappa shape index (κ2) is 6.61. The van der Waals surface area contributed by atoms with Gasteiger partial charge in [0.2, 0.25) is 0 Å². The minimum absolute atomic E-state index is 0.0168. The number of hydrogen-bond donors (Lipinski definition) is 0. The van der Waals surface area contributed by atoms with Crippen molar-refractivity contribution in [2.45, 2.75) is 31.7 Å². The van der Waals surface area contributed by atoms with Gasteiger partial charge in [0.05, 0.1) is 5.56 Å². The molecule has 1 fully saturated rings. The molecule has 1 saturated heterocycles. The molecule has 2 rings (SSSR count). The number of hydrogen-bond acceptors (Lipinski definition) is 1. The Bertz CT molecular complexity index is 507. The molecule has 1 amide bonds. The summed E-state index contributed by atoms with van der Waals surface area (Å²) in [7, 11) is 0. The van der Waals surface area contributed by atoms with E-state index in [2.05, 4.69) is 15.9 Å². The van der Waals surface area contributed by atoms with Gasteiger partial charge in [-0.25, -0.2) is 13.2 Å². The summed E-state index contributed by atoms with van der Waals surface area (Å²) in [5.41, 5.74) is -0.398. The smallest absolute Gasteiger partial charge is 0.257 e. The second-order valence-corrected chi connectivity index (χ2v) is 5.64. The third-order valence-corrected chi connectivity index (χ3v) is 4.05. The second-order valence-electron chi connectivity index (χ2n) is 4.85. The quantitative estimate of drug-likeness (QED) is 0.598. The molecule has 1 unspecified atom stereocenters. The average Bonchev–Trinajstić information content (AvgIpc) is 2.45. The van der Waals surface area contributed by atoms with Gasteiger partial charge >= 0.3 is 0 Å². The van der Waals surface area contributed by atoms with Crippen LogP contribution >= 0.6 is 15.9 Å². The van der Waals surface area contributed by atoms with Crippen LogP contribution in [0.15, 0.2) is 12.1 Å². The summed E-state index contributed by atoms with van der Waals surface area (Å²) in [5, 5.41) is 0.738. The van der Waals surface area contributed by atoms with Crippen LogP contribution in [0.25, 0.3) is 0 Å². The summed E-state index contributed by atoms with van der Waals surface area (Å²) in [6, 6.07) is 1.81. The number of carbonyl (C=O) groups excluding carboxylic acids is 1. The lowest BCUT2D eigenvalue weighted by Crippen LogP contribution is -2.44. The Morgan fingerprint density at radius 3 is 2.70 bits per heavy atom. The molecule has 1 aliphatic heterocycles. The summed E-state index contributed by atoms with van der Waals surface area (Å²) >= 11 is 3.33. The molecular weight excluding hydrogens is 335 g/mol. The van der Waals surface area contributed by atoms with Gasteiger partial charge in [0.1, 0.15) is 0 Å². The van der Waals surface area contributed by atoms with Gasteiger partial charge in [0.15, 0.2) is 17.5 Å². The van der Waals surface area contributed by atoms with Crippen LogP contribution < -0.4 is 0 Å². The number of amides is 1. The van der Waals surface area contributed by atoms with Gasteiger partial charge < -0.3 is 4.90 Å². The highest BCUT2D eigenvalue weighted by atomic mass is 79.9. The number of halogens is 4. The molecule has 0 aromatic heterocycles. The summed E-state index contributed by atoms with van der Waals surface area (Å²) in [6.07, 6.45) is 3.47. The number of likely N-dealkylation sites (tertiary alicyclic amines) is 1. The van der Waals surface area contributed by atoms with E-state index in [1.807, 2.05) is 0 Å². The maximum Gasteiger partial charge on any atom is 0.257 e. The zero-order valence-electron chi connectivity index (χ0n) is 10.8. The van der Waals surface area contributed by atoms with Crippen LogP contribution in [0, 0.1) is 17.5 Å². The summed E-state index contributed by atoms with van der Waals surface area (Å²) in [4.78, 5) is 13.9. The third-order valence-electron chi connectivity index (χ3n) is 3.60. The molecule has 0 N–H and O–H groups in total. The Labute approximate surface area is 124 Å². The van der Waals surface area contributed by atoms with Gasteiger partial charge in [-0.15, -0.1) is 0 Å². The van der Waals surface area contributed by atoms with Crippen molar-refractivity contribution in [2.24, 2.45) is 0 Å². The molecule has 1 aliphatic rings. The molecule has 0 spiro atoms. The highest BCUT2D eigenvalue weighted by Crippen LogP contribution is 2.24. The minimum Gasteiger partial charge on any atom is -0.336 e. The zero-order valence-corrected chi connectivity index (χ0v) is 12.4. The first-order valence-electron chi connectivity index (χ1n) is 6.56. The van der Waals surface area contributed by atoms with E-state index in [0.717, 1.165) is 43.1 Å². The molecule has 0 aliphatic carbocycles. The maximum atomic E-state index is 13.7. The molecule has 20 heavy (non-hydrogen) atoms. The van der Waals surface area contributed by atoms with Gasteiger partial charge in [-0.3, -0.25) is 4.79 Å². The average molecular weight is 350 g/mol.